The second kappa shape index (κ2) is 6.88. The molecular formula is C13H14BrNO4S. The highest BCUT2D eigenvalue weighted by molar-refractivity contribution is 9.10. The summed E-state index contributed by atoms with van der Waals surface area (Å²) in [5, 5.41) is 9.07. The van der Waals surface area contributed by atoms with E-state index in [1.807, 2.05) is 0 Å². The van der Waals surface area contributed by atoms with Gasteiger partial charge in [-0.3, -0.25) is 0 Å². The van der Waals surface area contributed by atoms with E-state index in [1.165, 1.54) is 6.07 Å². The fraction of sp³-hybridized carbons (Fsp3) is 0.308. The first kappa shape index (κ1) is 16.7. The van der Waals surface area contributed by atoms with Crippen LogP contribution in [0.25, 0.3) is 0 Å². The summed E-state index contributed by atoms with van der Waals surface area (Å²) in [7, 11) is -3.75. The Morgan fingerprint density at radius 1 is 1.45 bits per heavy atom. The van der Waals surface area contributed by atoms with Gasteiger partial charge in [0.2, 0.25) is 10.0 Å². The van der Waals surface area contributed by atoms with Crippen LogP contribution < -0.4 is 4.72 Å². The van der Waals surface area contributed by atoms with Crippen molar-refractivity contribution in [2.24, 2.45) is 0 Å². The highest BCUT2D eigenvalue weighted by atomic mass is 79.9. The highest BCUT2D eigenvalue weighted by Crippen LogP contribution is 2.24. The minimum absolute atomic E-state index is 0.0481. The molecule has 0 spiro atoms. The van der Waals surface area contributed by atoms with Crippen molar-refractivity contribution in [3.8, 4) is 11.8 Å². The Morgan fingerprint density at radius 3 is 2.65 bits per heavy atom. The summed E-state index contributed by atoms with van der Waals surface area (Å²) in [4.78, 5) is 11.0. The van der Waals surface area contributed by atoms with Crippen LogP contribution in [0.3, 0.4) is 0 Å². The van der Waals surface area contributed by atoms with E-state index < -0.39 is 16.0 Å². The van der Waals surface area contributed by atoms with Gasteiger partial charge in [-0.2, -0.15) is 0 Å². The minimum Gasteiger partial charge on any atom is -0.478 e. The molecule has 1 aromatic rings. The van der Waals surface area contributed by atoms with Gasteiger partial charge in [-0.05, 0) is 31.5 Å². The van der Waals surface area contributed by atoms with Crippen molar-refractivity contribution in [2.75, 3.05) is 6.54 Å². The first-order valence-corrected chi connectivity index (χ1v) is 8.00. The molecule has 0 aromatic heterocycles. The van der Waals surface area contributed by atoms with Crippen LogP contribution in [0.2, 0.25) is 0 Å². The molecule has 0 heterocycles. The predicted octanol–water partition coefficient (Wildman–Crippen LogP) is 2.15. The quantitative estimate of drug-likeness (QED) is 0.623. The van der Waals surface area contributed by atoms with E-state index in [-0.39, 0.29) is 17.0 Å². The van der Waals surface area contributed by atoms with Crippen LogP contribution in [0, 0.1) is 18.8 Å². The minimum atomic E-state index is -3.75. The standard InChI is InChI=1S/C13H14BrNO4S/c1-3-4-5-6-15-20(18,19)10-7-11(13(16)17)9(2)12(14)8-10/h7-8,15H,5-6H2,1-2H3,(H,16,17). The molecule has 1 rings (SSSR count). The average Bonchev–Trinajstić information content (AvgIpc) is 2.37. The fourth-order valence-corrected chi connectivity index (χ4v) is 3.18. The second-order valence-electron chi connectivity index (χ2n) is 3.96. The number of hydrogen-bond donors (Lipinski definition) is 2. The molecule has 7 heteroatoms. The Bertz CT molecular complexity index is 686. The van der Waals surface area contributed by atoms with Gasteiger partial charge in [0.1, 0.15) is 0 Å². The van der Waals surface area contributed by atoms with Crippen LogP contribution in [0.15, 0.2) is 21.5 Å². The molecule has 0 aliphatic heterocycles. The molecule has 2 N–H and O–H groups in total. The lowest BCUT2D eigenvalue weighted by atomic mass is 10.1. The summed E-state index contributed by atoms with van der Waals surface area (Å²) >= 11 is 3.17. The van der Waals surface area contributed by atoms with Crippen molar-refractivity contribution in [3.63, 3.8) is 0 Å². The number of carbonyl (C=O) groups is 1. The number of carboxylic acids is 1. The van der Waals surface area contributed by atoms with Crippen molar-refractivity contribution < 1.29 is 18.3 Å². The maximum atomic E-state index is 12.1. The van der Waals surface area contributed by atoms with E-state index in [9.17, 15) is 13.2 Å². The molecule has 0 saturated heterocycles. The number of nitrogens with one attached hydrogen (secondary N) is 1. The van der Waals surface area contributed by atoms with Gasteiger partial charge in [0.15, 0.2) is 0 Å². The van der Waals surface area contributed by atoms with Gasteiger partial charge >= 0.3 is 5.97 Å². The van der Waals surface area contributed by atoms with Gasteiger partial charge in [-0.25, -0.2) is 17.9 Å². The molecular weight excluding hydrogens is 346 g/mol. The van der Waals surface area contributed by atoms with Gasteiger partial charge in [-0.15, -0.1) is 11.8 Å². The number of aromatic carboxylic acids is 1. The summed E-state index contributed by atoms with van der Waals surface area (Å²) in [6.45, 7) is 3.45. The molecule has 0 radical (unpaired) electrons. The number of halogens is 1. The zero-order chi connectivity index (χ0) is 15.3. The van der Waals surface area contributed by atoms with E-state index in [4.69, 9.17) is 5.11 Å². The molecule has 0 amide bonds. The summed E-state index contributed by atoms with van der Waals surface area (Å²) < 4.78 is 26.9. The SMILES string of the molecule is CC#CCCNS(=O)(=O)c1cc(Br)c(C)c(C(=O)O)c1. The highest BCUT2D eigenvalue weighted by Gasteiger charge is 2.19. The number of benzene rings is 1. The molecule has 0 aliphatic carbocycles. The number of rotatable bonds is 5. The Morgan fingerprint density at radius 2 is 2.10 bits per heavy atom. The third-order valence-electron chi connectivity index (χ3n) is 2.58. The molecule has 0 bridgehead atoms. The van der Waals surface area contributed by atoms with Gasteiger partial charge in [-0.1, -0.05) is 15.9 Å². The lowest BCUT2D eigenvalue weighted by Gasteiger charge is -2.09. The first-order chi connectivity index (χ1) is 9.29. The van der Waals surface area contributed by atoms with Crippen LogP contribution in [-0.4, -0.2) is 26.0 Å². The maximum Gasteiger partial charge on any atom is 0.336 e. The molecule has 0 unspecified atom stereocenters. The van der Waals surface area contributed by atoms with Crippen LogP contribution in [0.1, 0.15) is 29.3 Å². The third kappa shape index (κ3) is 4.07. The van der Waals surface area contributed by atoms with Crippen molar-refractivity contribution in [1.82, 2.24) is 4.72 Å². The van der Waals surface area contributed by atoms with Gasteiger partial charge < -0.3 is 5.11 Å². The molecule has 20 heavy (non-hydrogen) atoms. The average molecular weight is 360 g/mol. The Kier molecular flexibility index (Phi) is 5.74. The van der Waals surface area contributed by atoms with Gasteiger partial charge in [0.05, 0.1) is 10.5 Å². The first-order valence-electron chi connectivity index (χ1n) is 5.72. The molecule has 108 valence electrons. The second-order valence-corrected chi connectivity index (χ2v) is 6.58. The van der Waals surface area contributed by atoms with Crippen molar-refractivity contribution in [1.29, 1.82) is 0 Å². The number of hydrogen-bond acceptors (Lipinski definition) is 3. The predicted molar refractivity (Wildman–Crippen MR) is 79.1 cm³/mol. The van der Waals surface area contributed by atoms with E-state index in [0.29, 0.717) is 16.5 Å². The van der Waals surface area contributed by atoms with Gasteiger partial charge in [0.25, 0.3) is 0 Å². The van der Waals surface area contributed by atoms with Gasteiger partial charge in [0, 0.05) is 17.4 Å². The van der Waals surface area contributed by atoms with E-state index >= 15 is 0 Å². The summed E-state index contributed by atoms with van der Waals surface area (Å²) in [5.74, 6) is 4.24. The summed E-state index contributed by atoms with van der Waals surface area (Å²) in [6.07, 6.45) is 0.397. The largest absolute Gasteiger partial charge is 0.478 e. The van der Waals surface area contributed by atoms with Crippen LogP contribution >= 0.6 is 15.9 Å². The zero-order valence-corrected chi connectivity index (χ0v) is 13.4. The normalized spacial score (nSPS) is 10.8. The van der Waals surface area contributed by atoms with Crippen molar-refractivity contribution >= 4 is 31.9 Å². The van der Waals surface area contributed by atoms with E-state index in [0.717, 1.165) is 6.07 Å². The Balaban J connectivity index is 3.11. The summed E-state index contributed by atoms with van der Waals surface area (Å²) in [5.41, 5.74) is 0.432. The molecule has 0 aliphatic rings. The molecule has 0 atom stereocenters. The number of carboxylic acid groups (broad SMARTS) is 1. The lowest BCUT2D eigenvalue weighted by molar-refractivity contribution is 0.0695. The Labute approximate surface area is 126 Å². The monoisotopic (exact) mass is 359 g/mol. The van der Waals surface area contributed by atoms with E-state index in [2.05, 4.69) is 32.5 Å². The van der Waals surface area contributed by atoms with Crippen molar-refractivity contribution in [2.45, 2.75) is 25.2 Å². The van der Waals surface area contributed by atoms with Crippen molar-refractivity contribution in [3.05, 3.63) is 27.7 Å². The molecule has 5 nitrogen and oxygen atoms in total. The van der Waals surface area contributed by atoms with Crippen LogP contribution in [0.5, 0.6) is 0 Å². The summed E-state index contributed by atoms with van der Waals surface area (Å²) in [6, 6.07) is 2.53. The maximum absolute atomic E-state index is 12.1. The molecule has 1 aromatic carbocycles. The smallest absolute Gasteiger partial charge is 0.336 e. The lowest BCUT2D eigenvalue weighted by Crippen LogP contribution is -2.25. The number of sulfonamides is 1. The molecule has 0 fully saturated rings. The van der Waals surface area contributed by atoms with Crippen LogP contribution in [0.4, 0.5) is 0 Å². The Hall–Kier alpha value is -1.36. The van der Waals surface area contributed by atoms with Crippen LogP contribution in [-0.2, 0) is 10.0 Å². The third-order valence-corrected chi connectivity index (χ3v) is 4.84. The topological polar surface area (TPSA) is 83.5 Å². The fourth-order valence-electron chi connectivity index (χ4n) is 1.49. The molecule has 0 saturated carbocycles. The zero-order valence-electron chi connectivity index (χ0n) is 11.0. The van der Waals surface area contributed by atoms with E-state index in [1.54, 1.807) is 13.8 Å².